The molecule has 3 fully saturated rings. The summed E-state index contributed by atoms with van der Waals surface area (Å²) in [5, 5.41) is 9.80. The first-order chi connectivity index (χ1) is 7.27. The lowest BCUT2D eigenvalue weighted by atomic mass is 9.56. The molecule has 3 rings (SSSR count). The molecule has 1 heterocycles. The molecule has 15 heavy (non-hydrogen) atoms. The number of aliphatic hydroxyl groups excluding tert-OH is 1. The van der Waals surface area contributed by atoms with Crippen molar-refractivity contribution in [1.82, 2.24) is 0 Å². The number of ether oxygens (including phenoxy) is 2. The Labute approximate surface area is 89.8 Å². The maximum absolute atomic E-state index is 9.80. The van der Waals surface area contributed by atoms with Gasteiger partial charge in [0.05, 0.1) is 19.3 Å². The highest BCUT2D eigenvalue weighted by Gasteiger charge is 2.62. The number of terminal acetylenes is 1. The molecule has 0 aromatic carbocycles. The van der Waals surface area contributed by atoms with Crippen molar-refractivity contribution >= 4 is 0 Å². The fourth-order valence-corrected chi connectivity index (χ4v) is 3.45. The van der Waals surface area contributed by atoms with Crippen molar-refractivity contribution in [3.8, 4) is 12.3 Å². The summed E-state index contributed by atoms with van der Waals surface area (Å²) >= 11 is 0. The zero-order valence-electron chi connectivity index (χ0n) is 8.69. The van der Waals surface area contributed by atoms with Crippen LogP contribution in [0.2, 0.25) is 0 Å². The van der Waals surface area contributed by atoms with Gasteiger partial charge in [0.1, 0.15) is 0 Å². The van der Waals surface area contributed by atoms with Gasteiger partial charge in [0.15, 0.2) is 5.79 Å². The molecular formula is C12H16O3. The molecule has 0 unspecified atom stereocenters. The van der Waals surface area contributed by atoms with Crippen molar-refractivity contribution in [3.05, 3.63) is 0 Å². The van der Waals surface area contributed by atoms with E-state index in [0.717, 1.165) is 19.3 Å². The number of hydrogen-bond donors (Lipinski definition) is 1. The van der Waals surface area contributed by atoms with Crippen LogP contribution in [-0.4, -0.2) is 30.2 Å². The van der Waals surface area contributed by atoms with E-state index in [1.165, 1.54) is 0 Å². The van der Waals surface area contributed by atoms with Crippen LogP contribution in [0.15, 0.2) is 0 Å². The Morgan fingerprint density at radius 2 is 2.00 bits per heavy atom. The summed E-state index contributed by atoms with van der Waals surface area (Å²) in [5.74, 6) is 3.21. The summed E-state index contributed by atoms with van der Waals surface area (Å²) in [5.41, 5.74) is 0. The van der Waals surface area contributed by atoms with Gasteiger partial charge in [0.25, 0.3) is 0 Å². The van der Waals surface area contributed by atoms with Crippen LogP contribution in [0.5, 0.6) is 0 Å². The summed E-state index contributed by atoms with van der Waals surface area (Å²) in [6.07, 6.45) is 7.77. The van der Waals surface area contributed by atoms with Gasteiger partial charge >= 0.3 is 0 Å². The average molecular weight is 208 g/mol. The average Bonchev–Trinajstić information content (AvgIpc) is 2.68. The maximum Gasteiger partial charge on any atom is 0.171 e. The van der Waals surface area contributed by atoms with Gasteiger partial charge in [-0.2, -0.15) is 0 Å². The second kappa shape index (κ2) is 3.21. The van der Waals surface area contributed by atoms with E-state index < -0.39 is 0 Å². The molecule has 0 aromatic rings. The monoisotopic (exact) mass is 208 g/mol. The van der Waals surface area contributed by atoms with Crippen LogP contribution in [0.3, 0.4) is 0 Å². The first-order valence-electron chi connectivity index (χ1n) is 5.69. The second-order valence-electron chi connectivity index (χ2n) is 4.82. The minimum Gasteiger partial charge on any atom is -0.392 e. The van der Waals surface area contributed by atoms with Gasteiger partial charge in [-0.3, -0.25) is 0 Å². The Bertz CT molecular complexity index is 300. The lowest BCUT2D eigenvalue weighted by Gasteiger charge is -2.56. The lowest BCUT2D eigenvalue weighted by Crippen LogP contribution is -2.60. The number of fused-ring (bicyclic) bond motifs is 2. The molecule has 3 aliphatic rings. The normalized spacial score (nSPS) is 46.9. The first kappa shape index (κ1) is 9.65. The third-order valence-electron chi connectivity index (χ3n) is 4.22. The molecule has 1 spiro atoms. The molecule has 1 aliphatic heterocycles. The van der Waals surface area contributed by atoms with Gasteiger partial charge in [-0.1, -0.05) is 0 Å². The van der Waals surface area contributed by atoms with Crippen LogP contribution < -0.4 is 0 Å². The van der Waals surface area contributed by atoms with Crippen molar-refractivity contribution in [1.29, 1.82) is 0 Å². The van der Waals surface area contributed by atoms with E-state index >= 15 is 0 Å². The van der Waals surface area contributed by atoms with Gasteiger partial charge in [-0.25, -0.2) is 0 Å². The fourth-order valence-electron chi connectivity index (χ4n) is 3.45. The molecule has 3 nitrogen and oxygen atoms in total. The Morgan fingerprint density at radius 1 is 1.27 bits per heavy atom. The minimum atomic E-state index is -0.333. The van der Waals surface area contributed by atoms with Crippen LogP contribution >= 0.6 is 0 Å². The highest BCUT2D eigenvalue weighted by atomic mass is 16.7. The Balaban J connectivity index is 1.78. The Morgan fingerprint density at radius 3 is 2.67 bits per heavy atom. The predicted molar refractivity (Wildman–Crippen MR) is 53.8 cm³/mol. The van der Waals surface area contributed by atoms with E-state index in [2.05, 4.69) is 5.92 Å². The molecule has 82 valence electrons. The standard InChI is InChI=1S/C12H16O3/c1-2-8-9-7-12(14-5-6-15-12)10(9)3-4-11(8)13/h1,8-11,13H,3-7H2/t8-,9-,10+,11-/m0/s1. The fraction of sp³-hybridized carbons (Fsp3) is 0.833. The molecule has 2 aliphatic carbocycles. The summed E-state index contributed by atoms with van der Waals surface area (Å²) in [7, 11) is 0. The molecule has 0 bridgehead atoms. The molecule has 3 heteroatoms. The molecule has 0 amide bonds. The van der Waals surface area contributed by atoms with E-state index in [4.69, 9.17) is 15.9 Å². The van der Waals surface area contributed by atoms with E-state index in [0.29, 0.717) is 25.0 Å². The van der Waals surface area contributed by atoms with Crippen LogP contribution in [0, 0.1) is 30.1 Å². The van der Waals surface area contributed by atoms with Gasteiger partial charge in [-0.05, 0) is 18.8 Å². The van der Waals surface area contributed by atoms with Crippen molar-refractivity contribution < 1.29 is 14.6 Å². The topological polar surface area (TPSA) is 38.7 Å². The van der Waals surface area contributed by atoms with Crippen LogP contribution in [-0.2, 0) is 9.47 Å². The highest BCUT2D eigenvalue weighted by Crippen LogP contribution is 2.57. The summed E-state index contributed by atoms with van der Waals surface area (Å²) in [4.78, 5) is 0. The molecule has 1 saturated heterocycles. The van der Waals surface area contributed by atoms with Crippen molar-refractivity contribution in [2.45, 2.75) is 31.2 Å². The zero-order valence-corrected chi connectivity index (χ0v) is 8.69. The quantitative estimate of drug-likeness (QED) is 0.598. The smallest absolute Gasteiger partial charge is 0.171 e. The molecule has 2 saturated carbocycles. The molecular weight excluding hydrogens is 192 g/mol. The van der Waals surface area contributed by atoms with E-state index in [9.17, 15) is 5.11 Å². The van der Waals surface area contributed by atoms with Crippen molar-refractivity contribution in [2.24, 2.45) is 17.8 Å². The van der Waals surface area contributed by atoms with Gasteiger partial charge in [0.2, 0.25) is 0 Å². The summed E-state index contributed by atoms with van der Waals surface area (Å²) in [6, 6.07) is 0. The molecule has 0 aromatic heterocycles. The minimum absolute atomic E-state index is 0.00201. The Kier molecular flexibility index (Phi) is 2.07. The maximum atomic E-state index is 9.80. The number of rotatable bonds is 0. The van der Waals surface area contributed by atoms with Gasteiger partial charge in [-0.15, -0.1) is 12.3 Å². The van der Waals surface area contributed by atoms with E-state index in [-0.39, 0.29) is 17.8 Å². The van der Waals surface area contributed by atoms with Crippen LogP contribution in [0.25, 0.3) is 0 Å². The predicted octanol–water partition coefficient (Wildman–Crippen LogP) is 0.770. The lowest BCUT2D eigenvalue weighted by molar-refractivity contribution is -0.296. The summed E-state index contributed by atoms with van der Waals surface area (Å²) < 4.78 is 11.4. The van der Waals surface area contributed by atoms with Gasteiger partial charge in [0, 0.05) is 18.3 Å². The SMILES string of the molecule is C#C[C@H]1[C@@H]2CC3(OCCO3)[C@@H]2CC[C@@H]1O. The zero-order chi connectivity index (χ0) is 10.5. The second-order valence-corrected chi connectivity index (χ2v) is 4.82. The first-order valence-corrected chi connectivity index (χ1v) is 5.69. The third kappa shape index (κ3) is 1.19. The Hall–Kier alpha value is -0.560. The van der Waals surface area contributed by atoms with Gasteiger partial charge < -0.3 is 14.6 Å². The third-order valence-corrected chi connectivity index (χ3v) is 4.22. The molecule has 4 atom stereocenters. The molecule has 0 radical (unpaired) electrons. The molecule has 1 N–H and O–H groups in total. The van der Waals surface area contributed by atoms with Crippen LogP contribution in [0.1, 0.15) is 19.3 Å². The summed E-state index contributed by atoms with van der Waals surface area (Å²) in [6.45, 7) is 1.40. The number of hydrogen-bond acceptors (Lipinski definition) is 3. The largest absolute Gasteiger partial charge is 0.392 e. The highest BCUT2D eigenvalue weighted by molar-refractivity contribution is 5.13. The number of aliphatic hydroxyl groups is 1. The van der Waals surface area contributed by atoms with Crippen molar-refractivity contribution in [3.63, 3.8) is 0 Å². The van der Waals surface area contributed by atoms with Crippen molar-refractivity contribution in [2.75, 3.05) is 13.2 Å². The van der Waals surface area contributed by atoms with Crippen LogP contribution in [0.4, 0.5) is 0 Å². The van der Waals surface area contributed by atoms with E-state index in [1.54, 1.807) is 0 Å². The van der Waals surface area contributed by atoms with E-state index in [1.807, 2.05) is 0 Å².